The molecule has 6 nitrogen and oxygen atoms in total. The van der Waals surface area contributed by atoms with Crippen molar-refractivity contribution in [3.63, 3.8) is 0 Å². The fourth-order valence-corrected chi connectivity index (χ4v) is 1.93. The number of aromatic amines is 1. The van der Waals surface area contributed by atoms with Crippen LogP contribution in [0.15, 0.2) is 0 Å². The molecule has 0 bridgehead atoms. The summed E-state index contributed by atoms with van der Waals surface area (Å²) in [5.74, 6) is -1.01. The molecule has 100 valence electrons. The summed E-state index contributed by atoms with van der Waals surface area (Å²) in [6, 6.07) is -0.932. The van der Waals surface area contributed by atoms with Gasteiger partial charge in [0.2, 0.25) is 0 Å². The Balaban J connectivity index is 2.72. The van der Waals surface area contributed by atoms with Gasteiger partial charge in [-0.2, -0.15) is 16.9 Å². The van der Waals surface area contributed by atoms with Gasteiger partial charge in [0.25, 0.3) is 5.91 Å². The molecule has 1 heterocycles. The molecule has 0 radical (unpaired) electrons. The Labute approximate surface area is 113 Å². The lowest BCUT2D eigenvalue weighted by Gasteiger charge is -2.12. The van der Waals surface area contributed by atoms with Crippen LogP contribution in [-0.4, -0.2) is 45.2 Å². The average Bonchev–Trinajstić information content (AvgIpc) is 2.65. The van der Waals surface area contributed by atoms with E-state index in [9.17, 15) is 9.59 Å². The molecule has 0 aliphatic carbocycles. The Morgan fingerprint density at radius 2 is 2.28 bits per heavy atom. The van der Waals surface area contributed by atoms with E-state index >= 15 is 0 Å². The molecule has 1 unspecified atom stereocenters. The Hall–Kier alpha value is -1.21. The summed E-state index contributed by atoms with van der Waals surface area (Å²) in [4.78, 5) is 22.8. The molecule has 0 saturated heterocycles. The second-order valence-electron chi connectivity index (χ2n) is 3.66. The third-order valence-electron chi connectivity index (χ3n) is 2.30. The second kappa shape index (κ2) is 6.65. The molecule has 1 rings (SSSR count). The van der Waals surface area contributed by atoms with Crippen molar-refractivity contribution in [2.75, 3.05) is 12.0 Å². The minimum Gasteiger partial charge on any atom is -0.480 e. The molecule has 1 aromatic rings. The van der Waals surface area contributed by atoms with Gasteiger partial charge in [-0.3, -0.25) is 9.89 Å². The number of nitrogens with one attached hydrogen (secondary N) is 2. The number of rotatable bonds is 6. The van der Waals surface area contributed by atoms with E-state index in [1.54, 1.807) is 6.92 Å². The average molecular weight is 292 g/mol. The molecule has 0 fully saturated rings. The van der Waals surface area contributed by atoms with Gasteiger partial charge in [0.15, 0.2) is 5.69 Å². The molecule has 1 aromatic heterocycles. The van der Waals surface area contributed by atoms with E-state index in [1.165, 1.54) is 11.8 Å². The fourth-order valence-electron chi connectivity index (χ4n) is 1.29. The summed E-state index contributed by atoms with van der Waals surface area (Å²) >= 11 is 7.38. The molecule has 0 aliphatic heterocycles. The van der Waals surface area contributed by atoms with Gasteiger partial charge in [-0.1, -0.05) is 11.6 Å². The first-order valence-corrected chi connectivity index (χ1v) is 6.97. The first-order chi connectivity index (χ1) is 8.47. The highest BCUT2D eigenvalue weighted by Crippen LogP contribution is 2.17. The maximum Gasteiger partial charge on any atom is 0.326 e. The number of aliphatic carboxylic acids is 1. The summed E-state index contributed by atoms with van der Waals surface area (Å²) < 4.78 is 0. The van der Waals surface area contributed by atoms with Crippen molar-refractivity contribution in [2.24, 2.45) is 0 Å². The molecular weight excluding hydrogens is 278 g/mol. The zero-order chi connectivity index (χ0) is 13.7. The first kappa shape index (κ1) is 14.8. The predicted octanol–water partition coefficient (Wildman–Crippen LogP) is 1.31. The molecule has 1 atom stereocenters. The Morgan fingerprint density at radius 1 is 1.61 bits per heavy atom. The van der Waals surface area contributed by atoms with Gasteiger partial charge < -0.3 is 10.4 Å². The van der Waals surface area contributed by atoms with Crippen molar-refractivity contribution in [1.29, 1.82) is 0 Å². The number of hydrogen-bond donors (Lipinski definition) is 3. The van der Waals surface area contributed by atoms with Gasteiger partial charge in [0.1, 0.15) is 6.04 Å². The van der Waals surface area contributed by atoms with E-state index in [1.807, 2.05) is 6.26 Å². The number of nitrogens with zero attached hydrogens (tertiary/aromatic N) is 1. The number of carbonyl (C=O) groups is 2. The van der Waals surface area contributed by atoms with Gasteiger partial charge in [0.05, 0.1) is 10.7 Å². The fraction of sp³-hybridized carbons (Fsp3) is 0.500. The van der Waals surface area contributed by atoms with E-state index in [4.69, 9.17) is 16.7 Å². The highest BCUT2D eigenvalue weighted by molar-refractivity contribution is 7.98. The molecule has 3 N–H and O–H groups in total. The molecule has 1 amide bonds. The van der Waals surface area contributed by atoms with Crippen LogP contribution in [0.25, 0.3) is 0 Å². The van der Waals surface area contributed by atoms with Crippen molar-refractivity contribution >= 4 is 35.2 Å². The van der Waals surface area contributed by atoms with Crippen LogP contribution in [0.5, 0.6) is 0 Å². The van der Waals surface area contributed by atoms with Crippen LogP contribution in [-0.2, 0) is 4.79 Å². The van der Waals surface area contributed by atoms with E-state index in [0.29, 0.717) is 17.9 Å². The van der Waals surface area contributed by atoms with Crippen LogP contribution < -0.4 is 5.32 Å². The van der Waals surface area contributed by atoms with Crippen LogP contribution in [0, 0.1) is 6.92 Å². The van der Waals surface area contributed by atoms with Gasteiger partial charge in [-0.15, -0.1) is 0 Å². The van der Waals surface area contributed by atoms with Crippen molar-refractivity contribution in [3.05, 3.63) is 16.4 Å². The topological polar surface area (TPSA) is 95.1 Å². The SMILES string of the molecule is CSCCC(NC(=O)c1n[nH]c(C)c1Cl)C(=O)O. The quantitative estimate of drug-likeness (QED) is 0.734. The molecular formula is C10H14ClN3O3S. The number of amides is 1. The van der Waals surface area contributed by atoms with Crippen molar-refractivity contribution in [1.82, 2.24) is 15.5 Å². The number of carbonyl (C=O) groups excluding carboxylic acids is 1. The minimum absolute atomic E-state index is 0.0181. The summed E-state index contributed by atoms with van der Waals surface area (Å²) in [6.45, 7) is 1.68. The van der Waals surface area contributed by atoms with Crippen LogP contribution >= 0.6 is 23.4 Å². The summed E-state index contributed by atoms with van der Waals surface area (Å²) in [6.07, 6.45) is 2.22. The highest BCUT2D eigenvalue weighted by atomic mass is 35.5. The second-order valence-corrected chi connectivity index (χ2v) is 5.02. The number of H-pyrrole nitrogens is 1. The molecule has 8 heteroatoms. The Bertz CT molecular complexity index is 450. The maximum absolute atomic E-state index is 11.8. The molecule has 0 saturated carbocycles. The highest BCUT2D eigenvalue weighted by Gasteiger charge is 2.23. The number of hydrogen-bond acceptors (Lipinski definition) is 4. The third-order valence-corrected chi connectivity index (χ3v) is 3.41. The van der Waals surface area contributed by atoms with Gasteiger partial charge in [0, 0.05) is 0 Å². The lowest BCUT2D eigenvalue weighted by Crippen LogP contribution is -2.41. The summed E-state index contributed by atoms with van der Waals surface area (Å²) in [7, 11) is 0. The number of thioether (sulfide) groups is 1. The lowest BCUT2D eigenvalue weighted by molar-refractivity contribution is -0.139. The number of aromatic nitrogens is 2. The number of aryl methyl sites for hydroxylation is 1. The predicted molar refractivity (Wildman–Crippen MR) is 70.2 cm³/mol. The first-order valence-electron chi connectivity index (χ1n) is 5.20. The summed E-state index contributed by atoms with van der Waals surface area (Å²) in [5, 5.41) is 17.9. The van der Waals surface area contributed by atoms with Crippen LogP contribution in [0.1, 0.15) is 22.6 Å². The van der Waals surface area contributed by atoms with E-state index in [-0.39, 0.29) is 10.7 Å². The summed E-state index contributed by atoms with van der Waals surface area (Å²) in [5.41, 5.74) is 0.586. The lowest BCUT2D eigenvalue weighted by atomic mass is 10.2. The van der Waals surface area contributed by atoms with Gasteiger partial charge >= 0.3 is 5.97 Å². The van der Waals surface area contributed by atoms with E-state index < -0.39 is 17.9 Å². The van der Waals surface area contributed by atoms with Crippen molar-refractivity contribution in [3.8, 4) is 0 Å². The number of halogens is 1. The molecule has 18 heavy (non-hydrogen) atoms. The Morgan fingerprint density at radius 3 is 2.72 bits per heavy atom. The van der Waals surface area contributed by atoms with Gasteiger partial charge in [-0.05, 0) is 25.4 Å². The van der Waals surface area contributed by atoms with Crippen molar-refractivity contribution < 1.29 is 14.7 Å². The van der Waals surface area contributed by atoms with Crippen LogP contribution in [0.4, 0.5) is 0 Å². The minimum atomic E-state index is -1.07. The standard InChI is InChI=1S/C10H14ClN3O3S/c1-5-7(11)8(14-13-5)9(15)12-6(10(16)17)3-4-18-2/h6H,3-4H2,1-2H3,(H,12,15)(H,13,14)(H,16,17). The van der Waals surface area contributed by atoms with Gasteiger partial charge in [-0.25, -0.2) is 4.79 Å². The van der Waals surface area contributed by atoms with Crippen molar-refractivity contribution in [2.45, 2.75) is 19.4 Å². The van der Waals surface area contributed by atoms with Crippen LogP contribution in [0.2, 0.25) is 5.02 Å². The monoisotopic (exact) mass is 291 g/mol. The smallest absolute Gasteiger partial charge is 0.326 e. The zero-order valence-electron chi connectivity index (χ0n) is 9.99. The number of carboxylic acids is 1. The van der Waals surface area contributed by atoms with E-state index in [0.717, 1.165) is 0 Å². The molecule has 0 spiro atoms. The normalized spacial score (nSPS) is 12.2. The van der Waals surface area contributed by atoms with E-state index in [2.05, 4.69) is 15.5 Å². The molecule has 0 aromatic carbocycles. The largest absolute Gasteiger partial charge is 0.480 e. The van der Waals surface area contributed by atoms with Crippen LogP contribution in [0.3, 0.4) is 0 Å². The maximum atomic E-state index is 11.8. The third kappa shape index (κ3) is 3.64. The Kier molecular flexibility index (Phi) is 5.49. The number of carboxylic acid groups (broad SMARTS) is 1. The molecule has 0 aliphatic rings. The zero-order valence-corrected chi connectivity index (χ0v) is 11.6.